The van der Waals surface area contributed by atoms with E-state index in [4.69, 9.17) is 32.7 Å². The number of rotatable bonds is 6. The predicted octanol–water partition coefficient (Wildman–Crippen LogP) is 5.71. The highest BCUT2D eigenvalue weighted by Gasteiger charge is 2.14. The maximum Gasteiger partial charge on any atom is 0.266 e. The molecule has 0 saturated carbocycles. The van der Waals surface area contributed by atoms with Gasteiger partial charge in [0.2, 0.25) is 0 Å². The van der Waals surface area contributed by atoms with E-state index in [0.717, 1.165) is 0 Å². The quantitative estimate of drug-likeness (QED) is 0.434. The number of halogens is 3. The van der Waals surface area contributed by atoms with E-state index in [-0.39, 0.29) is 5.57 Å². The molecule has 27 heavy (non-hydrogen) atoms. The van der Waals surface area contributed by atoms with Crippen LogP contribution < -0.4 is 14.8 Å². The molecule has 0 heterocycles. The van der Waals surface area contributed by atoms with Gasteiger partial charge in [0, 0.05) is 5.69 Å². The minimum absolute atomic E-state index is 0.0841. The lowest BCUT2D eigenvalue weighted by Crippen LogP contribution is -2.13. The van der Waals surface area contributed by atoms with Crippen molar-refractivity contribution in [2.45, 2.75) is 6.92 Å². The Kier molecular flexibility index (Phi) is 7.55. The first-order valence-electron chi connectivity index (χ1n) is 7.78. The van der Waals surface area contributed by atoms with Crippen molar-refractivity contribution in [3.05, 3.63) is 56.0 Å². The smallest absolute Gasteiger partial charge is 0.266 e. The molecule has 2 rings (SSSR count). The number of ether oxygens (including phenoxy) is 2. The normalized spacial score (nSPS) is 10.9. The van der Waals surface area contributed by atoms with Crippen LogP contribution in [-0.2, 0) is 4.79 Å². The number of methoxy groups -OCH3 is 1. The number of carbonyl (C=O) groups excluding carboxylic acids is 1. The zero-order valence-electron chi connectivity index (χ0n) is 14.5. The van der Waals surface area contributed by atoms with Gasteiger partial charge in [-0.3, -0.25) is 4.79 Å². The van der Waals surface area contributed by atoms with Crippen molar-refractivity contribution in [3.63, 3.8) is 0 Å². The van der Waals surface area contributed by atoms with Gasteiger partial charge in [-0.15, -0.1) is 0 Å². The minimum Gasteiger partial charge on any atom is -0.493 e. The highest BCUT2D eigenvalue weighted by molar-refractivity contribution is 9.10. The molecule has 0 atom stereocenters. The molecule has 1 N–H and O–H groups in total. The molecule has 1 amide bonds. The molecular weight excluding hydrogens is 455 g/mol. The standard InChI is InChI=1S/C19H15BrCl2N2O3/c1-3-27-18-14(20)7-11(8-17(18)26-2)6-12(10-23)19(25)24-13-4-5-15(21)16(22)9-13/h4-9H,3H2,1-2H3,(H,24,25)/b12-6-. The van der Waals surface area contributed by atoms with Gasteiger partial charge in [-0.25, -0.2) is 0 Å². The topological polar surface area (TPSA) is 71.3 Å². The summed E-state index contributed by atoms with van der Waals surface area (Å²) in [7, 11) is 1.51. The maximum atomic E-state index is 12.4. The molecule has 0 spiro atoms. The maximum absolute atomic E-state index is 12.4. The summed E-state index contributed by atoms with van der Waals surface area (Å²) in [4.78, 5) is 12.4. The van der Waals surface area contributed by atoms with E-state index in [0.29, 0.717) is 43.9 Å². The molecule has 0 aliphatic carbocycles. The number of amides is 1. The number of nitrogens with zero attached hydrogens (tertiary/aromatic N) is 1. The average molecular weight is 470 g/mol. The van der Waals surface area contributed by atoms with Crippen molar-refractivity contribution in [3.8, 4) is 17.6 Å². The first-order valence-corrected chi connectivity index (χ1v) is 9.33. The Morgan fingerprint density at radius 3 is 2.63 bits per heavy atom. The Bertz CT molecular complexity index is 939. The molecule has 0 unspecified atom stereocenters. The van der Waals surface area contributed by atoms with Crippen molar-refractivity contribution >= 4 is 56.8 Å². The molecule has 5 nitrogen and oxygen atoms in total. The summed E-state index contributed by atoms with van der Waals surface area (Å²) >= 11 is 15.2. The first kappa shape index (κ1) is 21.1. The first-order chi connectivity index (χ1) is 12.9. The van der Waals surface area contributed by atoms with Gasteiger partial charge in [0.05, 0.1) is 28.2 Å². The number of carbonyl (C=O) groups is 1. The lowest BCUT2D eigenvalue weighted by atomic mass is 10.1. The van der Waals surface area contributed by atoms with Crippen LogP contribution in [0.15, 0.2) is 40.4 Å². The molecule has 0 aliphatic heterocycles. The Hall–Kier alpha value is -2.20. The molecule has 8 heteroatoms. The van der Waals surface area contributed by atoms with Gasteiger partial charge in [-0.1, -0.05) is 23.2 Å². The second-order valence-electron chi connectivity index (χ2n) is 5.22. The third kappa shape index (κ3) is 5.39. The van der Waals surface area contributed by atoms with Gasteiger partial charge in [0.15, 0.2) is 11.5 Å². The molecule has 0 aromatic heterocycles. The molecule has 0 bridgehead atoms. The zero-order chi connectivity index (χ0) is 20.0. The lowest BCUT2D eigenvalue weighted by molar-refractivity contribution is -0.112. The zero-order valence-corrected chi connectivity index (χ0v) is 17.6. The Morgan fingerprint density at radius 1 is 1.30 bits per heavy atom. The van der Waals surface area contributed by atoms with Gasteiger partial charge in [0.1, 0.15) is 11.6 Å². The number of hydrogen-bond acceptors (Lipinski definition) is 4. The van der Waals surface area contributed by atoms with Crippen LogP contribution in [0.2, 0.25) is 10.0 Å². The predicted molar refractivity (Wildman–Crippen MR) is 111 cm³/mol. The molecule has 0 saturated heterocycles. The van der Waals surface area contributed by atoms with Gasteiger partial charge < -0.3 is 14.8 Å². The van der Waals surface area contributed by atoms with Crippen LogP contribution in [0.25, 0.3) is 6.08 Å². The summed E-state index contributed by atoms with van der Waals surface area (Å²) in [5, 5.41) is 12.7. The number of nitriles is 1. The Labute approximate surface area is 175 Å². The van der Waals surface area contributed by atoms with Crippen LogP contribution in [0, 0.1) is 11.3 Å². The van der Waals surface area contributed by atoms with Crippen LogP contribution in [0.4, 0.5) is 5.69 Å². The molecule has 2 aromatic carbocycles. The van der Waals surface area contributed by atoms with E-state index in [2.05, 4.69) is 21.2 Å². The summed E-state index contributed by atoms with van der Waals surface area (Å²) < 4.78 is 11.5. The average Bonchev–Trinajstić information content (AvgIpc) is 2.64. The second-order valence-corrected chi connectivity index (χ2v) is 6.89. The third-order valence-electron chi connectivity index (χ3n) is 3.39. The molecule has 0 radical (unpaired) electrons. The highest BCUT2D eigenvalue weighted by atomic mass is 79.9. The lowest BCUT2D eigenvalue weighted by Gasteiger charge is -2.12. The number of anilines is 1. The number of benzene rings is 2. The van der Waals surface area contributed by atoms with E-state index in [1.54, 1.807) is 24.3 Å². The van der Waals surface area contributed by atoms with Crippen molar-refractivity contribution < 1.29 is 14.3 Å². The van der Waals surface area contributed by atoms with Crippen LogP contribution in [-0.4, -0.2) is 19.6 Å². The van der Waals surface area contributed by atoms with Crippen LogP contribution in [0.3, 0.4) is 0 Å². The van der Waals surface area contributed by atoms with E-state index < -0.39 is 5.91 Å². The largest absolute Gasteiger partial charge is 0.493 e. The van der Waals surface area contributed by atoms with Crippen molar-refractivity contribution in [1.29, 1.82) is 5.26 Å². The van der Waals surface area contributed by atoms with Gasteiger partial charge in [-0.05, 0) is 64.8 Å². The summed E-state index contributed by atoms with van der Waals surface area (Å²) in [5.41, 5.74) is 0.947. The minimum atomic E-state index is -0.570. The summed E-state index contributed by atoms with van der Waals surface area (Å²) in [6.07, 6.45) is 1.45. The molecule has 2 aromatic rings. The molecule has 0 aliphatic rings. The summed E-state index contributed by atoms with van der Waals surface area (Å²) in [6, 6.07) is 9.97. The molecule has 0 fully saturated rings. The summed E-state index contributed by atoms with van der Waals surface area (Å²) in [6.45, 7) is 2.33. The third-order valence-corrected chi connectivity index (χ3v) is 4.72. The Morgan fingerprint density at radius 2 is 2.04 bits per heavy atom. The number of hydrogen-bond donors (Lipinski definition) is 1. The molecular formula is C19H15BrCl2N2O3. The van der Waals surface area contributed by atoms with E-state index in [1.807, 2.05) is 13.0 Å². The fourth-order valence-corrected chi connectivity index (χ4v) is 3.07. The van der Waals surface area contributed by atoms with Crippen LogP contribution >= 0.6 is 39.1 Å². The van der Waals surface area contributed by atoms with Gasteiger partial charge >= 0.3 is 0 Å². The van der Waals surface area contributed by atoms with E-state index >= 15 is 0 Å². The van der Waals surface area contributed by atoms with Crippen molar-refractivity contribution in [2.75, 3.05) is 19.0 Å². The Balaban J connectivity index is 2.32. The fraction of sp³-hybridized carbons (Fsp3) is 0.158. The highest BCUT2D eigenvalue weighted by Crippen LogP contribution is 2.37. The van der Waals surface area contributed by atoms with E-state index in [9.17, 15) is 10.1 Å². The SMILES string of the molecule is CCOc1c(Br)cc(/C=C(/C#N)C(=O)Nc2ccc(Cl)c(Cl)c2)cc1OC. The van der Waals surface area contributed by atoms with Gasteiger partial charge in [0.25, 0.3) is 5.91 Å². The molecule has 140 valence electrons. The van der Waals surface area contributed by atoms with Crippen molar-refractivity contribution in [2.24, 2.45) is 0 Å². The summed E-state index contributed by atoms with van der Waals surface area (Å²) in [5.74, 6) is 0.468. The van der Waals surface area contributed by atoms with Crippen molar-refractivity contribution in [1.82, 2.24) is 0 Å². The van der Waals surface area contributed by atoms with Crippen LogP contribution in [0.5, 0.6) is 11.5 Å². The van der Waals surface area contributed by atoms with Crippen LogP contribution in [0.1, 0.15) is 12.5 Å². The number of nitrogens with one attached hydrogen (secondary N) is 1. The van der Waals surface area contributed by atoms with Gasteiger partial charge in [-0.2, -0.15) is 5.26 Å². The monoisotopic (exact) mass is 468 g/mol. The second kappa shape index (κ2) is 9.65. The van der Waals surface area contributed by atoms with E-state index in [1.165, 1.54) is 19.3 Å². The fourth-order valence-electron chi connectivity index (χ4n) is 2.20.